The molecule has 21 heavy (non-hydrogen) atoms. The van der Waals surface area contributed by atoms with Crippen LogP contribution < -0.4 is 24.8 Å². The van der Waals surface area contributed by atoms with Gasteiger partial charge in [-0.25, -0.2) is 0 Å². The molecule has 0 amide bonds. The van der Waals surface area contributed by atoms with Gasteiger partial charge in [-0.05, 0) is 41.5 Å². The van der Waals surface area contributed by atoms with Crippen molar-refractivity contribution in [2.24, 2.45) is 0 Å². The number of halogens is 2. The molecule has 0 spiro atoms. The van der Waals surface area contributed by atoms with Crippen molar-refractivity contribution in [2.75, 3.05) is 0 Å². The molecule has 0 heterocycles. The molecule has 0 aliphatic heterocycles. The predicted octanol–water partition coefficient (Wildman–Crippen LogP) is -1.15. The molecule has 0 N–H and O–H groups in total. The van der Waals surface area contributed by atoms with Gasteiger partial charge in [0, 0.05) is 0 Å². The van der Waals surface area contributed by atoms with Crippen molar-refractivity contribution in [1.82, 2.24) is 0 Å². The minimum atomic E-state index is 0. The zero-order valence-corrected chi connectivity index (χ0v) is 18.1. The maximum absolute atomic E-state index is 2.19. The first-order valence-electron chi connectivity index (χ1n) is 6.46. The van der Waals surface area contributed by atoms with E-state index in [9.17, 15) is 0 Å². The van der Waals surface area contributed by atoms with Gasteiger partial charge >= 0.3 is 23.9 Å². The number of aryl methyl sites for hydroxylation is 6. The smallest absolute Gasteiger partial charge is 1.00 e. The largest absolute Gasteiger partial charge is 2.00 e. The van der Waals surface area contributed by atoms with Gasteiger partial charge in [0.1, 0.15) is 0 Å². The number of benzene rings is 2. The second-order valence-corrected chi connectivity index (χ2v) is 5.33. The van der Waals surface area contributed by atoms with Crippen LogP contribution in [0.3, 0.4) is 0 Å². The molecule has 0 aliphatic carbocycles. The van der Waals surface area contributed by atoms with Crippen molar-refractivity contribution in [3.05, 3.63) is 69.8 Å². The molecule has 3 heteroatoms. The van der Waals surface area contributed by atoms with E-state index in [2.05, 4.69) is 77.9 Å². The summed E-state index contributed by atoms with van der Waals surface area (Å²) in [5.41, 5.74) is 8.13. The summed E-state index contributed by atoms with van der Waals surface area (Å²) in [4.78, 5) is 0. The minimum absolute atomic E-state index is 0. The zero-order chi connectivity index (χ0) is 13.7. The van der Waals surface area contributed by atoms with Crippen molar-refractivity contribution in [2.45, 2.75) is 41.5 Å². The Labute approximate surface area is 159 Å². The third-order valence-corrected chi connectivity index (χ3v) is 2.73. The van der Waals surface area contributed by atoms with Crippen LogP contribution in [0.15, 0.2) is 36.4 Å². The third-order valence-electron chi connectivity index (χ3n) is 2.73. The molecule has 0 atom stereocenters. The maximum Gasteiger partial charge on any atom is 2.00 e. The van der Waals surface area contributed by atoms with Crippen LogP contribution in [0.2, 0.25) is 0 Å². The van der Waals surface area contributed by atoms with E-state index in [-0.39, 0.29) is 48.7 Å². The summed E-state index contributed by atoms with van der Waals surface area (Å²) in [5, 5.41) is 0. The van der Waals surface area contributed by atoms with Crippen molar-refractivity contribution in [3.8, 4) is 0 Å². The molecule has 0 saturated carbocycles. The van der Waals surface area contributed by atoms with Crippen molar-refractivity contribution < 1.29 is 24.8 Å². The van der Waals surface area contributed by atoms with Gasteiger partial charge in [-0.15, -0.1) is 0 Å². The Morgan fingerprint density at radius 2 is 0.476 bits per heavy atom. The van der Waals surface area contributed by atoms with Gasteiger partial charge < -0.3 is 24.8 Å². The summed E-state index contributed by atoms with van der Waals surface area (Å²) in [7, 11) is 0. The number of hydrogen-bond donors (Lipinski definition) is 0. The summed E-state index contributed by atoms with van der Waals surface area (Å²) in [6.07, 6.45) is 0. The van der Waals surface area contributed by atoms with E-state index in [0.717, 1.165) is 0 Å². The van der Waals surface area contributed by atoms with E-state index in [1.807, 2.05) is 0 Å². The molecule has 114 valence electrons. The number of hydrogen-bond acceptors (Lipinski definition) is 0. The van der Waals surface area contributed by atoms with Crippen molar-refractivity contribution >= 4 is 23.9 Å². The molecule has 0 fully saturated rings. The van der Waals surface area contributed by atoms with E-state index in [4.69, 9.17) is 0 Å². The second kappa shape index (κ2) is 12.4. The topological polar surface area (TPSA) is 0 Å². The van der Waals surface area contributed by atoms with Crippen molar-refractivity contribution in [3.63, 3.8) is 0 Å². The first kappa shape index (κ1) is 25.8. The van der Waals surface area contributed by atoms with Crippen LogP contribution in [-0.4, -0.2) is 23.9 Å². The van der Waals surface area contributed by atoms with Gasteiger partial charge in [0.25, 0.3) is 0 Å². The molecular formula is C18H24Cl2Sn. The Morgan fingerprint density at radius 1 is 0.381 bits per heavy atom. The Bertz CT molecular complexity index is 386. The van der Waals surface area contributed by atoms with E-state index in [1.54, 1.807) is 0 Å². The van der Waals surface area contributed by atoms with Gasteiger partial charge in [-0.2, -0.15) is 0 Å². The Balaban J connectivity index is -0.000000270. The summed E-state index contributed by atoms with van der Waals surface area (Å²) in [5.74, 6) is 0. The minimum Gasteiger partial charge on any atom is -1.00 e. The van der Waals surface area contributed by atoms with Crippen LogP contribution in [0.4, 0.5) is 0 Å². The monoisotopic (exact) mass is 430 g/mol. The molecule has 0 aliphatic rings. The molecule has 2 aromatic carbocycles. The summed E-state index contributed by atoms with van der Waals surface area (Å²) >= 11 is 0. The van der Waals surface area contributed by atoms with E-state index in [0.29, 0.717) is 0 Å². The van der Waals surface area contributed by atoms with Crippen LogP contribution in [0.25, 0.3) is 0 Å². The fourth-order valence-corrected chi connectivity index (χ4v) is 2.40. The SMILES string of the molecule is Cc1cc(C)cc(C)c1.Cc1cc(C)cc(C)c1.[Cl-].[Cl-].[Sn+2]. The zero-order valence-electron chi connectivity index (χ0n) is 13.7. The fraction of sp³-hybridized carbons (Fsp3) is 0.333. The average Bonchev–Trinajstić information content (AvgIpc) is 2.12. The molecular weight excluding hydrogens is 406 g/mol. The molecule has 0 nitrogen and oxygen atoms in total. The molecule has 2 aromatic rings. The molecule has 0 bridgehead atoms. The molecule has 0 saturated heterocycles. The Morgan fingerprint density at radius 3 is 0.571 bits per heavy atom. The van der Waals surface area contributed by atoms with E-state index in [1.165, 1.54) is 33.4 Å². The van der Waals surface area contributed by atoms with Gasteiger partial charge in [0.2, 0.25) is 0 Å². The molecule has 0 aromatic heterocycles. The number of rotatable bonds is 0. The molecule has 2 rings (SSSR count). The normalized spacial score (nSPS) is 8.29. The van der Waals surface area contributed by atoms with Crippen LogP contribution in [-0.2, 0) is 0 Å². The summed E-state index contributed by atoms with van der Waals surface area (Å²) < 4.78 is 0. The molecule has 2 radical (unpaired) electrons. The predicted molar refractivity (Wildman–Crippen MR) is 87.1 cm³/mol. The third kappa shape index (κ3) is 11.1. The maximum atomic E-state index is 2.19. The van der Waals surface area contributed by atoms with Crippen LogP contribution >= 0.6 is 0 Å². The first-order valence-corrected chi connectivity index (χ1v) is 6.46. The standard InChI is InChI=1S/2C9H12.2ClH.Sn/c2*1-7-4-8(2)6-9(3)5-7;;;/h2*4-6H,1-3H3;2*1H;/q;;;;+2/p-2. The summed E-state index contributed by atoms with van der Waals surface area (Å²) in [6.45, 7) is 12.8. The van der Waals surface area contributed by atoms with Gasteiger partial charge in [0.05, 0.1) is 0 Å². The second-order valence-electron chi connectivity index (χ2n) is 5.33. The Hall–Kier alpha value is -0.181. The van der Waals surface area contributed by atoms with Gasteiger partial charge in [0.15, 0.2) is 0 Å². The van der Waals surface area contributed by atoms with Crippen LogP contribution in [0.1, 0.15) is 33.4 Å². The van der Waals surface area contributed by atoms with Crippen molar-refractivity contribution in [1.29, 1.82) is 0 Å². The van der Waals surface area contributed by atoms with Crippen LogP contribution in [0.5, 0.6) is 0 Å². The van der Waals surface area contributed by atoms with E-state index < -0.39 is 0 Å². The van der Waals surface area contributed by atoms with E-state index >= 15 is 0 Å². The quantitative estimate of drug-likeness (QED) is 0.464. The fourth-order valence-electron chi connectivity index (χ4n) is 2.40. The van der Waals surface area contributed by atoms with Gasteiger partial charge in [-0.1, -0.05) is 69.8 Å². The van der Waals surface area contributed by atoms with Gasteiger partial charge in [-0.3, -0.25) is 0 Å². The average molecular weight is 430 g/mol. The Kier molecular flexibility index (Phi) is 15.2. The molecule has 0 unspecified atom stereocenters. The first-order chi connectivity index (χ1) is 8.36. The van der Waals surface area contributed by atoms with Crippen LogP contribution in [0, 0.1) is 41.5 Å². The summed E-state index contributed by atoms with van der Waals surface area (Å²) in [6, 6.07) is 13.1.